The number of hydrogen-bond acceptors (Lipinski definition) is 2. The van der Waals surface area contributed by atoms with Gasteiger partial charge in [-0.2, -0.15) is 0 Å². The maximum atomic E-state index is 11.6. The van der Waals surface area contributed by atoms with E-state index in [1.54, 1.807) is 6.92 Å². The summed E-state index contributed by atoms with van der Waals surface area (Å²) >= 11 is 0. The monoisotopic (exact) mass is 269 g/mol. The molecule has 1 rings (SSSR count). The van der Waals surface area contributed by atoms with Crippen molar-refractivity contribution in [1.82, 2.24) is 0 Å². The van der Waals surface area contributed by atoms with Crippen molar-refractivity contribution in [3.05, 3.63) is 28.8 Å². The van der Waals surface area contributed by atoms with Gasteiger partial charge in [0.1, 0.15) is 0 Å². The molecule has 0 saturated heterocycles. The van der Waals surface area contributed by atoms with Crippen molar-refractivity contribution in [2.45, 2.75) is 47.0 Å². The minimum atomic E-state index is -3.22. The van der Waals surface area contributed by atoms with Gasteiger partial charge in [0.05, 0.1) is 11.4 Å². The van der Waals surface area contributed by atoms with Crippen molar-refractivity contribution in [3.8, 4) is 0 Å². The second-order valence-corrected chi connectivity index (χ2v) is 7.75. The van der Waals surface area contributed by atoms with E-state index in [0.29, 0.717) is 5.69 Å². The molecule has 1 N–H and O–H groups in total. The molecule has 0 aliphatic carbocycles. The number of nitrogens with one attached hydrogen (secondary N) is 1. The van der Waals surface area contributed by atoms with Crippen molar-refractivity contribution in [2.75, 3.05) is 10.5 Å². The Morgan fingerprint density at radius 2 is 1.56 bits per heavy atom. The molecule has 0 heterocycles. The second-order valence-electron chi connectivity index (χ2n) is 5.74. The van der Waals surface area contributed by atoms with Crippen LogP contribution in [0.1, 0.15) is 44.4 Å². The first-order valence-electron chi connectivity index (χ1n) is 6.19. The molecule has 0 amide bonds. The summed E-state index contributed by atoms with van der Waals surface area (Å²) in [5.41, 5.74) is 3.94. The zero-order valence-electron chi connectivity index (χ0n) is 12.1. The normalized spacial score (nSPS) is 12.6. The summed E-state index contributed by atoms with van der Waals surface area (Å²) in [7, 11) is -3.22. The smallest absolute Gasteiger partial charge is 0.232 e. The molecule has 0 unspecified atom stereocenters. The molecule has 102 valence electrons. The molecular weight excluding hydrogens is 246 g/mol. The van der Waals surface area contributed by atoms with E-state index < -0.39 is 10.0 Å². The van der Waals surface area contributed by atoms with Gasteiger partial charge in [0.25, 0.3) is 0 Å². The summed E-state index contributed by atoms with van der Waals surface area (Å²) in [4.78, 5) is 0. The fourth-order valence-electron chi connectivity index (χ4n) is 1.79. The fourth-order valence-corrected chi connectivity index (χ4v) is 2.56. The van der Waals surface area contributed by atoms with Crippen molar-refractivity contribution >= 4 is 15.7 Å². The van der Waals surface area contributed by atoms with E-state index in [4.69, 9.17) is 0 Å². The van der Waals surface area contributed by atoms with E-state index in [1.165, 1.54) is 5.56 Å². The lowest BCUT2D eigenvalue weighted by Gasteiger charge is -2.22. The van der Waals surface area contributed by atoms with Gasteiger partial charge in [-0.05, 0) is 42.9 Å². The van der Waals surface area contributed by atoms with Crippen LogP contribution in [0.25, 0.3) is 0 Å². The van der Waals surface area contributed by atoms with Gasteiger partial charge in [-0.15, -0.1) is 0 Å². The molecule has 0 radical (unpaired) electrons. The molecule has 0 aromatic heterocycles. The lowest BCUT2D eigenvalue weighted by molar-refractivity contribution is 0.589. The van der Waals surface area contributed by atoms with Gasteiger partial charge in [-0.3, -0.25) is 4.72 Å². The topological polar surface area (TPSA) is 46.2 Å². The summed E-state index contributed by atoms with van der Waals surface area (Å²) in [5, 5.41) is 0. The van der Waals surface area contributed by atoms with Gasteiger partial charge in [0.15, 0.2) is 0 Å². The minimum Gasteiger partial charge on any atom is -0.283 e. The third kappa shape index (κ3) is 3.48. The van der Waals surface area contributed by atoms with Gasteiger partial charge < -0.3 is 0 Å². The summed E-state index contributed by atoms with van der Waals surface area (Å²) in [6, 6.07) is 4.11. The summed E-state index contributed by atoms with van der Waals surface area (Å²) in [6.45, 7) is 12.0. The molecule has 3 nitrogen and oxygen atoms in total. The lowest BCUT2D eigenvalue weighted by Crippen LogP contribution is -2.18. The molecule has 0 spiro atoms. The van der Waals surface area contributed by atoms with Crippen LogP contribution in [-0.4, -0.2) is 14.2 Å². The van der Waals surface area contributed by atoms with Crippen molar-refractivity contribution in [3.63, 3.8) is 0 Å². The van der Waals surface area contributed by atoms with Gasteiger partial charge in [-0.25, -0.2) is 8.42 Å². The average molecular weight is 269 g/mol. The Bertz CT molecular complexity index is 516. The Morgan fingerprint density at radius 1 is 1.11 bits per heavy atom. The highest BCUT2D eigenvalue weighted by molar-refractivity contribution is 7.92. The summed E-state index contributed by atoms with van der Waals surface area (Å²) < 4.78 is 25.9. The molecule has 0 aliphatic heterocycles. The Balaban J connectivity index is 3.26. The van der Waals surface area contributed by atoms with Crippen LogP contribution in [-0.2, 0) is 15.4 Å². The zero-order valence-corrected chi connectivity index (χ0v) is 12.9. The Labute approximate surface area is 111 Å². The molecule has 18 heavy (non-hydrogen) atoms. The Hall–Kier alpha value is -1.03. The minimum absolute atomic E-state index is 0.0671. The highest BCUT2D eigenvalue weighted by atomic mass is 32.2. The van der Waals surface area contributed by atoms with Crippen LogP contribution in [0.5, 0.6) is 0 Å². The number of sulfonamides is 1. The predicted molar refractivity (Wildman–Crippen MR) is 77.7 cm³/mol. The van der Waals surface area contributed by atoms with Crippen LogP contribution < -0.4 is 4.72 Å². The second kappa shape index (κ2) is 4.92. The van der Waals surface area contributed by atoms with Crippen molar-refractivity contribution in [1.29, 1.82) is 0 Å². The number of benzene rings is 1. The van der Waals surface area contributed by atoms with Gasteiger partial charge in [-0.1, -0.05) is 32.9 Å². The van der Waals surface area contributed by atoms with Gasteiger partial charge >= 0.3 is 0 Å². The van der Waals surface area contributed by atoms with Crippen LogP contribution in [0, 0.1) is 13.8 Å². The van der Waals surface area contributed by atoms with E-state index in [-0.39, 0.29) is 11.2 Å². The first kappa shape index (κ1) is 15.0. The predicted octanol–water partition coefficient (Wildman–Crippen LogP) is 3.36. The largest absolute Gasteiger partial charge is 0.283 e. The molecule has 1 aromatic rings. The van der Waals surface area contributed by atoms with Crippen molar-refractivity contribution in [2.24, 2.45) is 0 Å². The first-order valence-corrected chi connectivity index (χ1v) is 7.84. The zero-order chi connectivity index (χ0) is 14.1. The van der Waals surface area contributed by atoms with E-state index >= 15 is 0 Å². The summed E-state index contributed by atoms with van der Waals surface area (Å²) in [5.74, 6) is 0.0902. The van der Waals surface area contributed by atoms with Crippen LogP contribution in [0.15, 0.2) is 12.1 Å². The number of rotatable bonds is 3. The molecule has 0 saturated carbocycles. The molecular formula is C14H23NO2S. The Kier molecular flexibility index (Phi) is 4.11. The Morgan fingerprint density at radius 3 is 1.89 bits per heavy atom. The molecule has 1 aromatic carbocycles. The van der Waals surface area contributed by atoms with Gasteiger partial charge in [0.2, 0.25) is 10.0 Å². The number of hydrogen-bond donors (Lipinski definition) is 1. The lowest BCUT2D eigenvalue weighted by atomic mass is 9.85. The molecule has 0 aliphatic rings. The van der Waals surface area contributed by atoms with E-state index in [0.717, 1.165) is 11.1 Å². The highest BCUT2D eigenvalue weighted by Gasteiger charge is 2.18. The average Bonchev–Trinajstić information content (AvgIpc) is 2.22. The summed E-state index contributed by atoms with van der Waals surface area (Å²) in [6.07, 6.45) is 0. The first-order chi connectivity index (χ1) is 8.07. The van der Waals surface area contributed by atoms with Crippen LogP contribution in [0.2, 0.25) is 0 Å². The molecule has 0 bridgehead atoms. The van der Waals surface area contributed by atoms with Crippen LogP contribution >= 0.6 is 0 Å². The maximum Gasteiger partial charge on any atom is 0.232 e. The molecule has 4 heteroatoms. The van der Waals surface area contributed by atoms with Crippen molar-refractivity contribution < 1.29 is 8.42 Å². The van der Waals surface area contributed by atoms with E-state index in [2.05, 4.69) is 37.6 Å². The maximum absolute atomic E-state index is 11.6. The number of anilines is 1. The highest BCUT2D eigenvalue weighted by Crippen LogP contribution is 2.30. The van der Waals surface area contributed by atoms with E-state index in [9.17, 15) is 8.42 Å². The fraction of sp³-hybridized carbons (Fsp3) is 0.571. The SMILES string of the molecule is CCS(=O)(=O)Nc1c(C)cc(C(C)(C)C)cc1C. The van der Waals surface area contributed by atoms with Crippen LogP contribution in [0.3, 0.4) is 0 Å². The van der Waals surface area contributed by atoms with E-state index in [1.807, 2.05) is 13.8 Å². The van der Waals surface area contributed by atoms with Gasteiger partial charge in [0, 0.05) is 0 Å². The molecule has 0 atom stereocenters. The quantitative estimate of drug-likeness (QED) is 0.914. The molecule has 0 fully saturated rings. The number of aryl methyl sites for hydroxylation is 2. The van der Waals surface area contributed by atoms with Crippen LogP contribution in [0.4, 0.5) is 5.69 Å². The standard InChI is InChI=1S/C14H23NO2S/c1-7-18(16,17)15-13-10(2)8-12(9-11(13)3)14(4,5)6/h8-9,15H,7H2,1-6H3. The third-order valence-electron chi connectivity index (χ3n) is 3.04. The third-order valence-corrected chi connectivity index (χ3v) is 4.31.